The molecule has 0 aliphatic heterocycles. The largest absolute Gasteiger partial charge is 0.508 e. The monoisotopic (exact) mass is 1530 g/mol. The van der Waals surface area contributed by atoms with E-state index in [0.717, 1.165) is 94.0 Å². The number of aromatic nitrogens is 8. The van der Waals surface area contributed by atoms with Gasteiger partial charge < -0.3 is 46.8 Å². The summed E-state index contributed by atoms with van der Waals surface area (Å²) in [5.74, 6) is 1.000. The highest BCUT2D eigenvalue weighted by atomic mass is 79.9. The Balaban J connectivity index is 0.000000166. The van der Waals surface area contributed by atoms with Gasteiger partial charge in [-0.05, 0) is 119 Å². The summed E-state index contributed by atoms with van der Waals surface area (Å²) in [6, 6.07) is 57.1. The fourth-order valence-electron chi connectivity index (χ4n) is 10.7. The molecular weight excluding hydrogens is 1460 g/mol. The van der Waals surface area contributed by atoms with E-state index in [0.29, 0.717) is 76.8 Å². The zero-order valence-corrected chi connectivity index (χ0v) is 62.2. The van der Waals surface area contributed by atoms with E-state index in [4.69, 9.17) is 32.0 Å². The molecule has 0 atom stereocenters. The number of halogens is 3. The van der Waals surface area contributed by atoms with E-state index in [1.165, 1.54) is 12.1 Å². The van der Waals surface area contributed by atoms with Gasteiger partial charge in [-0.15, -0.1) is 0 Å². The zero-order valence-electron chi connectivity index (χ0n) is 59.9. The number of aromatic hydroxyl groups is 1. The van der Waals surface area contributed by atoms with Gasteiger partial charge in [-0.25, -0.2) is 44.3 Å². The maximum absolute atomic E-state index is 13.0. The number of benzene rings is 8. The highest BCUT2D eigenvalue weighted by molar-refractivity contribution is 9.10. The second-order valence-corrected chi connectivity index (χ2v) is 25.8. The molecule has 552 valence electrons. The molecule has 0 saturated heterocycles. The van der Waals surface area contributed by atoms with Crippen molar-refractivity contribution in [2.75, 3.05) is 21.3 Å². The van der Waals surface area contributed by atoms with Gasteiger partial charge in [0.25, 0.3) is 0 Å². The highest BCUT2D eigenvalue weighted by Gasteiger charge is 2.18. The van der Waals surface area contributed by atoms with Gasteiger partial charge in [0.05, 0.1) is 122 Å². The molecule has 0 fully saturated rings. The number of anilines is 4. The van der Waals surface area contributed by atoms with Gasteiger partial charge >= 0.3 is 0 Å². The van der Waals surface area contributed by atoms with Crippen LogP contribution in [-0.4, -0.2) is 89.0 Å². The van der Waals surface area contributed by atoms with Gasteiger partial charge in [0.15, 0.2) is 23.3 Å². The Morgan fingerprint density at radius 3 is 0.806 bits per heavy atom. The number of carbonyl (C=O) groups excluding carboxylic acids is 4. The predicted molar refractivity (Wildman–Crippen MR) is 421 cm³/mol. The molecule has 8 aromatic carbocycles. The molecular formula is C84H81BrClFN12O9. The number of nitrogens with zero attached hydrogens (tertiary/aromatic N) is 8. The summed E-state index contributed by atoms with van der Waals surface area (Å²) in [5.41, 5.74) is 16.0. The Hall–Kier alpha value is -11.7. The molecule has 12 rings (SSSR count). The molecule has 0 aliphatic rings. The lowest BCUT2D eigenvalue weighted by molar-refractivity contribution is -0.116. The van der Waals surface area contributed by atoms with Crippen LogP contribution in [0, 0.1) is 5.82 Å². The highest BCUT2D eigenvalue weighted by Crippen LogP contribution is 2.27. The third-order valence-electron chi connectivity index (χ3n) is 16.6. The first-order valence-electron chi connectivity index (χ1n) is 34.8. The number of carbonyl (C=O) groups is 4. The summed E-state index contributed by atoms with van der Waals surface area (Å²) < 4.78 is 13.9. The summed E-state index contributed by atoms with van der Waals surface area (Å²) >= 11 is 9.26. The molecule has 4 heterocycles. The number of hydrogen-bond acceptors (Lipinski definition) is 17. The first-order chi connectivity index (χ1) is 52.3. The number of hydrogen-bond donors (Lipinski definition) is 9. The maximum Gasteiger partial charge on any atom is 0.229 e. The van der Waals surface area contributed by atoms with Crippen molar-refractivity contribution in [1.82, 2.24) is 39.9 Å². The summed E-state index contributed by atoms with van der Waals surface area (Å²) in [5, 5.41) is 57.8. The topological polar surface area (TPSA) is 321 Å². The molecule has 24 heteroatoms. The Morgan fingerprint density at radius 1 is 0.343 bits per heavy atom. The molecule has 12 aromatic rings. The molecule has 0 aliphatic carbocycles. The van der Waals surface area contributed by atoms with Crippen molar-refractivity contribution in [2.24, 2.45) is 0 Å². The van der Waals surface area contributed by atoms with Gasteiger partial charge in [0.2, 0.25) is 23.6 Å². The number of aryl methyl sites for hydroxylation is 4. The van der Waals surface area contributed by atoms with Crippen LogP contribution in [0.2, 0.25) is 5.02 Å². The molecule has 108 heavy (non-hydrogen) atoms. The third kappa shape index (κ3) is 24.2. The van der Waals surface area contributed by atoms with Gasteiger partial charge in [0.1, 0.15) is 11.6 Å². The number of amides is 4. The van der Waals surface area contributed by atoms with E-state index in [-0.39, 0.29) is 87.3 Å². The van der Waals surface area contributed by atoms with E-state index in [1.807, 2.05) is 161 Å². The first-order valence-corrected chi connectivity index (χ1v) is 36.0. The second-order valence-electron chi connectivity index (χ2n) is 24.5. The summed E-state index contributed by atoms with van der Waals surface area (Å²) in [7, 11) is 0. The average Bonchev–Trinajstić information content (AvgIpc) is 0.841. The minimum atomic E-state index is -0.332. The summed E-state index contributed by atoms with van der Waals surface area (Å²) in [6.45, 7) is 7.85. The summed E-state index contributed by atoms with van der Waals surface area (Å²) in [4.78, 5) is 85.3. The lowest BCUT2D eigenvalue weighted by atomic mass is 10.1. The summed E-state index contributed by atoms with van der Waals surface area (Å²) in [6.07, 6.45) is 9.93. The minimum absolute atomic E-state index is 0.00182. The van der Waals surface area contributed by atoms with Gasteiger partial charge in [-0.1, -0.05) is 201 Å². The molecule has 9 N–H and O–H groups in total. The molecule has 4 amide bonds. The maximum atomic E-state index is 13.0. The van der Waals surface area contributed by atoms with Crippen molar-refractivity contribution in [3.63, 3.8) is 0 Å². The lowest BCUT2D eigenvalue weighted by Gasteiger charge is -2.10. The molecule has 0 spiro atoms. The predicted octanol–water partition coefficient (Wildman–Crippen LogP) is 14.8. The lowest BCUT2D eigenvalue weighted by Crippen LogP contribution is -2.17. The molecule has 4 aromatic heterocycles. The van der Waals surface area contributed by atoms with E-state index >= 15 is 0 Å². The Kier molecular flexibility index (Phi) is 30.3. The number of nitrogens with one attached hydrogen (secondary N) is 4. The molecule has 0 saturated carbocycles. The van der Waals surface area contributed by atoms with Crippen molar-refractivity contribution >= 4 is 74.4 Å². The van der Waals surface area contributed by atoms with Crippen LogP contribution in [0.3, 0.4) is 0 Å². The standard InChI is InChI=1S/C21H20BrN3O2.C21H20ClN3O2.C21H20FN3O2.C21H21N3O3/c3*1-2-18-21(25-20(27)11-14-5-9-17(22)10-6-14)23-12-19(24-18)16-7-3-15(13-26)4-8-16;1-2-18-21(24-20(27)11-14-5-9-17(26)10-6-14)22-12-19(23-18)16-7-3-15(13-25)4-8-16/h3*3-10,12,26H,2,11,13H2,1H3,(H,23,25,27);3-10,12,25-26H,2,11,13H2,1H3,(H,22,24,27). The average molecular weight is 1540 g/mol. The third-order valence-corrected chi connectivity index (χ3v) is 17.4. The number of rotatable bonds is 24. The number of phenolic OH excluding ortho intramolecular Hbond substituents is 1. The van der Waals surface area contributed by atoms with Crippen LogP contribution in [0.4, 0.5) is 27.7 Å². The van der Waals surface area contributed by atoms with Crippen molar-refractivity contribution in [2.45, 2.75) is 105 Å². The van der Waals surface area contributed by atoms with Crippen LogP contribution >= 0.6 is 27.5 Å². The van der Waals surface area contributed by atoms with Gasteiger partial charge in [0, 0.05) is 31.7 Å². The van der Waals surface area contributed by atoms with Gasteiger partial charge in [-0.3, -0.25) is 19.2 Å². The van der Waals surface area contributed by atoms with Crippen LogP contribution in [-0.2, 0) is 97.0 Å². The Labute approximate surface area is 638 Å². The number of phenols is 1. The number of aliphatic hydroxyl groups is 4. The van der Waals surface area contributed by atoms with Crippen molar-refractivity contribution in [1.29, 1.82) is 0 Å². The van der Waals surface area contributed by atoms with Crippen LogP contribution in [0.5, 0.6) is 5.75 Å². The SMILES string of the molecule is CCc1nc(-c2ccc(CO)cc2)cnc1NC(=O)Cc1ccc(Br)cc1.CCc1nc(-c2ccc(CO)cc2)cnc1NC(=O)Cc1ccc(Cl)cc1.CCc1nc(-c2ccc(CO)cc2)cnc1NC(=O)Cc1ccc(F)cc1.CCc1nc(-c2ccc(CO)cc2)cnc1NC(=O)Cc1ccc(O)cc1. The van der Waals surface area contributed by atoms with E-state index < -0.39 is 0 Å². The van der Waals surface area contributed by atoms with Gasteiger partial charge in [-0.2, -0.15) is 0 Å². The fraction of sp³-hybridized carbons (Fsp3) is 0.190. The normalized spacial score (nSPS) is 10.6. The van der Waals surface area contributed by atoms with Crippen LogP contribution in [0.25, 0.3) is 45.0 Å². The Bertz CT molecular complexity index is 4330. The minimum Gasteiger partial charge on any atom is -0.508 e. The molecule has 0 radical (unpaired) electrons. The van der Waals surface area contributed by atoms with Crippen molar-refractivity contribution < 1.29 is 49.1 Å². The van der Waals surface area contributed by atoms with Crippen molar-refractivity contribution in [3.05, 3.63) is 302 Å². The smallest absolute Gasteiger partial charge is 0.229 e. The fourth-order valence-corrected chi connectivity index (χ4v) is 11.1. The Morgan fingerprint density at radius 2 is 0.565 bits per heavy atom. The quantitative estimate of drug-likeness (QED) is 0.0271. The molecule has 0 unspecified atom stereocenters. The second kappa shape index (κ2) is 40.7. The van der Waals surface area contributed by atoms with E-state index in [2.05, 4.69) is 77.1 Å². The first kappa shape index (κ1) is 80.4. The van der Waals surface area contributed by atoms with E-state index in [1.54, 1.807) is 73.3 Å². The van der Waals surface area contributed by atoms with E-state index in [9.17, 15) is 28.7 Å². The molecule has 0 bridgehead atoms. The van der Waals surface area contributed by atoms with Crippen LogP contribution in [0.15, 0.2) is 223 Å². The van der Waals surface area contributed by atoms with Crippen LogP contribution in [0.1, 0.15) is 95.0 Å². The van der Waals surface area contributed by atoms with Crippen LogP contribution < -0.4 is 21.3 Å². The van der Waals surface area contributed by atoms with Crippen molar-refractivity contribution in [3.8, 4) is 50.8 Å². The molecule has 21 nitrogen and oxygen atoms in total. The number of aliphatic hydroxyl groups excluding tert-OH is 4. The zero-order chi connectivity index (χ0) is 76.9.